The molecule has 0 radical (unpaired) electrons. The molecule has 6 rings (SSSR count). The molecule has 1 saturated carbocycles. The number of halogens is 3. The van der Waals surface area contributed by atoms with Crippen LogP contribution in [0.15, 0.2) is 55.1 Å². The summed E-state index contributed by atoms with van der Waals surface area (Å²) < 4.78 is 43.3. The lowest BCUT2D eigenvalue weighted by molar-refractivity contribution is 0.0723. The van der Waals surface area contributed by atoms with E-state index in [1.54, 1.807) is 35.0 Å². The fourth-order valence-electron chi connectivity index (χ4n) is 4.66. The average molecular weight is 542 g/mol. The number of benzene rings is 1. The van der Waals surface area contributed by atoms with Gasteiger partial charge in [-0.15, -0.1) is 0 Å². The number of anilines is 1. The molecule has 0 bridgehead atoms. The van der Waals surface area contributed by atoms with E-state index in [2.05, 4.69) is 31.9 Å². The van der Waals surface area contributed by atoms with Crippen LogP contribution in [0, 0.1) is 17.7 Å². The minimum atomic E-state index is -2.66. The van der Waals surface area contributed by atoms with Crippen molar-refractivity contribution in [1.29, 1.82) is 0 Å². The highest BCUT2D eigenvalue weighted by molar-refractivity contribution is 6.10. The number of alkyl halides is 2. The van der Waals surface area contributed by atoms with Crippen molar-refractivity contribution >= 4 is 33.5 Å². The molecule has 11 heteroatoms. The van der Waals surface area contributed by atoms with Gasteiger partial charge in [0.25, 0.3) is 12.3 Å². The van der Waals surface area contributed by atoms with Gasteiger partial charge in [0, 0.05) is 54.3 Å². The number of nitrogen functional groups attached to an aromatic ring is 1. The van der Waals surface area contributed by atoms with Gasteiger partial charge >= 0.3 is 0 Å². The fraction of sp³-hybridized carbons (Fsp3) is 0.207. The van der Waals surface area contributed by atoms with E-state index < -0.39 is 18.1 Å². The van der Waals surface area contributed by atoms with E-state index in [9.17, 15) is 13.6 Å². The van der Waals surface area contributed by atoms with Gasteiger partial charge in [-0.2, -0.15) is 5.10 Å². The molecule has 0 aliphatic heterocycles. The lowest BCUT2D eigenvalue weighted by atomic mass is 10.1. The summed E-state index contributed by atoms with van der Waals surface area (Å²) in [6.45, 7) is 0.175. The molecule has 0 saturated heterocycles. The first-order valence-corrected chi connectivity index (χ1v) is 12.5. The van der Waals surface area contributed by atoms with Gasteiger partial charge in [-0.25, -0.2) is 18.2 Å². The predicted molar refractivity (Wildman–Crippen MR) is 143 cm³/mol. The molecule has 8 nitrogen and oxygen atoms in total. The monoisotopic (exact) mass is 541 g/mol. The molecule has 40 heavy (non-hydrogen) atoms. The third-order valence-corrected chi connectivity index (χ3v) is 6.86. The molecule has 200 valence electrons. The number of carbonyl (C=O) groups is 1. The third-order valence-electron chi connectivity index (χ3n) is 6.86. The molecule has 4 heterocycles. The van der Waals surface area contributed by atoms with Crippen molar-refractivity contribution in [3.63, 3.8) is 0 Å². The Morgan fingerprint density at radius 1 is 1.15 bits per heavy atom. The van der Waals surface area contributed by atoms with Crippen LogP contribution in [0.25, 0.3) is 21.8 Å². The van der Waals surface area contributed by atoms with Crippen LogP contribution in [-0.4, -0.2) is 41.6 Å². The van der Waals surface area contributed by atoms with Crippen LogP contribution in [-0.2, 0) is 13.6 Å². The summed E-state index contributed by atoms with van der Waals surface area (Å²) in [5, 5.41) is 5.44. The number of fused-ring (bicyclic) bond motifs is 3. The highest BCUT2D eigenvalue weighted by Crippen LogP contribution is 2.33. The van der Waals surface area contributed by atoms with Crippen LogP contribution in [0.3, 0.4) is 0 Å². The number of nitrogens with zero attached hydrogens (tertiary/aromatic N) is 6. The minimum absolute atomic E-state index is 0.0246. The largest absolute Gasteiger partial charge is 0.383 e. The Morgan fingerprint density at radius 3 is 2.70 bits per heavy atom. The van der Waals surface area contributed by atoms with E-state index in [4.69, 9.17) is 5.73 Å². The number of rotatable bonds is 5. The van der Waals surface area contributed by atoms with Crippen LogP contribution >= 0.6 is 0 Å². The van der Waals surface area contributed by atoms with Crippen LogP contribution in [0.1, 0.15) is 52.0 Å². The first-order valence-electron chi connectivity index (χ1n) is 12.5. The molecule has 0 spiro atoms. The number of hydrogen-bond donors (Lipinski definition) is 1. The van der Waals surface area contributed by atoms with E-state index in [-0.39, 0.29) is 35.1 Å². The van der Waals surface area contributed by atoms with Gasteiger partial charge in [0.2, 0.25) is 0 Å². The van der Waals surface area contributed by atoms with Gasteiger partial charge in [-0.3, -0.25) is 19.4 Å². The smallest absolute Gasteiger partial charge is 0.265 e. The van der Waals surface area contributed by atoms with Crippen molar-refractivity contribution in [1.82, 2.24) is 29.6 Å². The molecule has 1 amide bonds. The highest BCUT2D eigenvalue weighted by atomic mass is 19.3. The van der Waals surface area contributed by atoms with Gasteiger partial charge in [-0.1, -0.05) is 11.8 Å². The van der Waals surface area contributed by atoms with Gasteiger partial charge in [0.1, 0.15) is 11.6 Å². The van der Waals surface area contributed by atoms with Crippen molar-refractivity contribution < 1.29 is 18.0 Å². The molecule has 5 aromatic rings. The van der Waals surface area contributed by atoms with E-state index in [1.807, 2.05) is 0 Å². The molecule has 1 aliphatic carbocycles. The second-order valence-electron chi connectivity index (χ2n) is 9.59. The maximum Gasteiger partial charge on any atom is 0.265 e. The van der Waals surface area contributed by atoms with Crippen LogP contribution < -0.4 is 5.73 Å². The van der Waals surface area contributed by atoms with Crippen LogP contribution in [0.4, 0.5) is 19.0 Å². The summed E-state index contributed by atoms with van der Waals surface area (Å²) in [6.07, 6.45) is 4.67. The standard InChI is InChI=1S/C29H22F3N7O/c1-38-26-22-10-21(24(30)11-25(22)37-28(33)23(26)14-36-38)29(40)39(19-6-7-19)15-18-5-3-16(12-35-18)2-4-17-13-34-9-8-20(17)27(31)32/h3,5,8-14,19,27H,6-7,15H2,1H3,(H2,33,37). The second kappa shape index (κ2) is 9.96. The van der Waals surface area contributed by atoms with E-state index in [1.165, 1.54) is 36.8 Å². The lowest BCUT2D eigenvalue weighted by Gasteiger charge is -2.23. The Morgan fingerprint density at radius 2 is 1.98 bits per heavy atom. The van der Waals surface area contributed by atoms with E-state index in [0.29, 0.717) is 33.1 Å². The number of aromatic nitrogens is 5. The molecule has 1 aliphatic rings. The van der Waals surface area contributed by atoms with E-state index in [0.717, 1.165) is 12.8 Å². The summed E-state index contributed by atoms with van der Waals surface area (Å²) in [4.78, 5) is 27.8. The maximum absolute atomic E-state index is 15.2. The summed E-state index contributed by atoms with van der Waals surface area (Å²) in [7, 11) is 1.75. The molecular formula is C29H22F3N7O. The minimum Gasteiger partial charge on any atom is -0.383 e. The van der Waals surface area contributed by atoms with Gasteiger partial charge < -0.3 is 10.6 Å². The van der Waals surface area contributed by atoms with Gasteiger partial charge in [0.15, 0.2) is 0 Å². The molecule has 1 fully saturated rings. The summed E-state index contributed by atoms with van der Waals surface area (Å²) in [5.74, 6) is 4.65. The van der Waals surface area contributed by atoms with Crippen molar-refractivity contribution in [2.75, 3.05) is 5.73 Å². The van der Waals surface area contributed by atoms with Crippen molar-refractivity contribution in [3.05, 3.63) is 88.9 Å². The summed E-state index contributed by atoms with van der Waals surface area (Å²) >= 11 is 0. The van der Waals surface area contributed by atoms with Crippen molar-refractivity contribution in [2.24, 2.45) is 7.05 Å². The van der Waals surface area contributed by atoms with Gasteiger partial charge in [0.05, 0.1) is 46.0 Å². The normalized spacial score (nSPS) is 13.0. The number of aryl methyl sites for hydroxylation is 1. The number of pyridine rings is 3. The molecule has 4 aromatic heterocycles. The van der Waals surface area contributed by atoms with Crippen molar-refractivity contribution in [3.8, 4) is 11.8 Å². The highest BCUT2D eigenvalue weighted by Gasteiger charge is 2.34. The molecule has 0 atom stereocenters. The quantitative estimate of drug-likeness (QED) is 0.322. The zero-order valence-electron chi connectivity index (χ0n) is 21.3. The Bertz CT molecular complexity index is 1840. The topological polar surface area (TPSA) is 103 Å². The Hall–Kier alpha value is -4.98. The number of amides is 1. The Kier molecular flexibility index (Phi) is 6.30. The van der Waals surface area contributed by atoms with Crippen molar-refractivity contribution in [2.45, 2.75) is 31.9 Å². The lowest BCUT2D eigenvalue weighted by Crippen LogP contribution is -2.33. The maximum atomic E-state index is 15.2. The molecule has 2 N–H and O–H groups in total. The van der Waals surface area contributed by atoms with Crippen LogP contribution in [0.5, 0.6) is 0 Å². The number of hydrogen-bond acceptors (Lipinski definition) is 6. The van der Waals surface area contributed by atoms with Crippen LogP contribution in [0.2, 0.25) is 0 Å². The molecule has 1 aromatic carbocycles. The predicted octanol–water partition coefficient (Wildman–Crippen LogP) is 4.78. The first-order chi connectivity index (χ1) is 19.3. The zero-order valence-corrected chi connectivity index (χ0v) is 21.3. The van der Waals surface area contributed by atoms with E-state index >= 15 is 4.39 Å². The Labute approximate surface area is 226 Å². The Balaban J connectivity index is 1.27. The third kappa shape index (κ3) is 4.68. The summed E-state index contributed by atoms with van der Waals surface area (Å²) in [5.41, 5.74) is 8.04. The molecular weight excluding hydrogens is 519 g/mol. The van der Waals surface area contributed by atoms with Gasteiger partial charge in [-0.05, 0) is 37.1 Å². The second-order valence-corrected chi connectivity index (χ2v) is 9.59. The summed E-state index contributed by atoms with van der Waals surface area (Å²) in [6, 6.07) is 7.37. The number of carbonyl (C=O) groups excluding carboxylic acids is 1. The molecule has 0 unspecified atom stereocenters. The number of nitrogens with two attached hydrogens (primary N) is 1. The average Bonchev–Trinajstić information content (AvgIpc) is 3.71. The fourth-order valence-corrected chi connectivity index (χ4v) is 4.66. The SMILES string of the molecule is Cn1ncc2c(N)nc3cc(F)c(C(=O)N(Cc4ccc(C#Cc5cnccc5C(F)F)cn4)C4CC4)cc3c21. The zero-order chi connectivity index (χ0) is 28.0. The first kappa shape index (κ1) is 25.3.